The maximum Gasteiger partial charge on any atom is 0.387 e. The van der Waals surface area contributed by atoms with Gasteiger partial charge in [0.05, 0.1) is 0 Å². The van der Waals surface area contributed by atoms with Crippen molar-refractivity contribution in [2.24, 2.45) is 0 Å². The van der Waals surface area contributed by atoms with Gasteiger partial charge in [-0.3, -0.25) is 4.79 Å². The lowest BCUT2D eigenvalue weighted by molar-refractivity contribution is -0.0498. The van der Waals surface area contributed by atoms with Crippen LogP contribution in [0, 0.1) is 0 Å². The van der Waals surface area contributed by atoms with Crippen LogP contribution in [0.3, 0.4) is 0 Å². The SMILES string of the molecule is CNC(C)CNC(=O)c1ccc(OC(F)F)cc1. The van der Waals surface area contributed by atoms with Crippen LogP contribution >= 0.6 is 0 Å². The number of amides is 1. The molecule has 0 aliphatic carbocycles. The first-order chi connectivity index (χ1) is 8.52. The summed E-state index contributed by atoms with van der Waals surface area (Å²) in [6, 6.07) is 5.72. The molecule has 0 aliphatic heterocycles. The number of halogens is 2. The van der Waals surface area contributed by atoms with Crippen LogP contribution in [0.1, 0.15) is 17.3 Å². The van der Waals surface area contributed by atoms with Crippen LogP contribution in [0.4, 0.5) is 8.78 Å². The zero-order chi connectivity index (χ0) is 13.5. The molecular formula is C12H16F2N2O2. The molecule has 0 heterocycles. The van der Waals surface area contributed by atoms with E-state index in [0.29, 0.717) is 12.1 Å². The summed E-state index contributed by atoms with van der Waals surface area (Å²) >= 11 is 0. The molecule has 0 aliphatic rings. The second-order valence-electron chi connectivity index (χ2n) is 3.80. The minimum Gasteiger partial charge on any atom is -0.435 e. The van der Waals surface area contributed by atoms with Crippen molar-refractivity contribution in [3.63, 3.8) is 0 Å². The predicted octanol–water partition coefficient (Wildman–Crippen LogP) is 1.63. The monoisotopic (exact) mass is 258 g/mol. The molecule has 0 radical (unpaired) electrons. The van der Waals surface area contributed by atoms with Crippen molar-refractivity contribution in [3.05, 3.63) is 29.8 Å². The van der Waals surface area contributed by atoms with Crippen molar-refractivity contribution < 1.29 is 18.3 Å². The highest BCUT2D eigenvalue weighted by atomic mass is 19.3. The molecule has 6 heteroatoms. The Kier molecular flexibility index (Phi) is 5.51. The first-order valence-corrected chi connectivity index (χ1v) is 5.53. The smallest absolute Gasteiger partial charge is 0.387 e. The van der Waals surface area contributed by atoms with Gasteiger partial charge < -0.3 is 15.4 Å². The molecule has 4 nitrogen and oxygen atoms in total. The summed E-state index contributed by atoms with van der Waals surface area (Å²) < 4.78 is 28.0. The Morgan fingerprint density at radius 3 is 2.44 bits per heavy atom. The highest BCUT2D eigenvalue weighted by Crippen LogP contribution is 2.14. The molecule has 100 valence electrons. The van der Waals surface area contributed by atoms with Gasteiger partial charge in [0.2, 0.25) is 0 Å². The summed E-state index contributed by atoms with van der Waals surface area (Å²) in [7, 11) is 1.80. The van der Waals surface area contributed by atoms with Crippen molar-refractivity contribution in [1.82, 2.24) is 10.6 Å². The van der Waals surface area contributed by atoms with E-state index >= 15 is 0 Å². The molecule has 1 rings (SSSR count). The average molecular weight is 258 g/mol. The van der Waals surface area contributed by atoms with Crippen LogP contribution < -0.4 is 15.4 Å². The number of rotatable bonds is 6. The normalized spacial score (nSPS) is 12.3. The van der Waals surface area contributed by atoms with Gasteiger partial charge in [0.1, 0.15) is 5.75 Å². The summed E-state index contributed by atoms with van der Waals surface area (Å²) in [4.78, 5) is 11.7. The van der Waals surface area contributed by atoms with E-state index in [1.165, 1.54) is 24.3 Å². The third-order valence-electron chi connectivity index (χ3n) is 2.40. The van der Waals surface area contributed by atoms with Crippen LogP contribution in [0.2, 0.25) is 0 Å². The molecule has 0 aromatic heterocycles. The number of ether oxygens (including phenoxy) is 1. The maximum atomic E-state index is 11.9. The molecule has 0 bridgehead atoms. The number of hydrogen-bond donors (Lipinski definition) is 2. The summed E-state index contributed by atoms with van der Waals surface area (Å²) in [6.45, 7) is -0.439. The largest absolute Gasteiger partial charge is 0.435 e. The van der Waals surface area contributed by atoms with Gasteiger partial charge >= 0.3 is 6.61 Å². The van der Waals surface area contributed by atoms with Crippen LogP contribution in [0.25, 0.3) is 0 Å². The van der Waals surface area contributed by atoms with E-state index in [2.05, 4.69) is 15.4 Å². The van der Waals surface area contributed by atoms with E-state index in [0.717, 1.165) is 0 Å². The van der Waals surface area contributed by atoms with Gasteiger partial charge in [-0.2, -0.15) is 8.78 Å². The Bertz CT molecular complexity index is 382. The van der Waals surface area contributed by atoms with Gasteiger partial charge in [-0.1, -0.05) is 0 Å². The highest BCUT2D eigenvalue weighted by Gasteiger charge is 2.08. The first-order valence-electron chi connectivity index (χ1n) is 5.53. The summed E-state index contributed by atoms with van der Waals surface area (Å²) in [6.07, 6.45) is 0. The topological polar surface area (TPSA) is 50.4 Å². The minimum absolute atomic E-state index is 0.0325. The highest BCUT2D eigenvalue weighted by molar-refractivity contribution is 5.94. The molecule has 0 saturated heterocycles. The van der Waals surface area contributed by atoms with Gasteiger partial charge in [0.15, 0.2) is 0 Å². The zero-order valence-electron chi connectivity index (χ0n) is 10.2. The lowest BCUT2D eigenvalue weighted by atomic mass is 10.2. The number of benzene rings is 1. The van der Waals surface area contributed by atoms with Crippen LogP contribution in [0.15, 0.2) is 24.3 Å². The number of nitrogens with one attached hydrogen (secondary N) is 2. The molecule has 1 aromatic carbocycles. The average Bonchev–Trinajstić information content (AvgIpc) is 2.35. The standard InChI is InChI=1S/C12H16F2N2O2/c1-8(15-2)7-16-11(17)9-3-5-10(6-4-9)18-12(13)14/h3-6,8,12,15H,7H2,1-2H3,(H,16,17). The summed E-state index contributed by atoms with van der Waals surface area (Å²) in [5.41, 5.74) is 0.403. The molecule has 2 N–H and O–H groups in total. The van der Waals surface area contributed by atoms with Gasteiger partial charge in [-0.15, -0.1) is 0 Å². The first kappa shape index (κ1) is 14.4. The fraction of sp³-hybridized carbons (Fsp3) is 0.417. The van der Waals surface area contributed by atoms with Crippen molar-refractivity contribution in [2.45, 2.75) is 19.6 Å². The van der Waals surface area contributed by atoms with Crippen LogP contribution in [-0.2, 0) is 0 Å². The number of carbonyl (C=O) groups excluding carboxylic acids is 1. The third kappa shape index (κ3) is 4.67. The molecule has 1 atom stereocenters. The third-order valence-corrected chi connectivity index (χ3v) is 2.40. The molecular weight excluding hydrogens is 242 g/mol. The van der Waals surface area contributed by atoms with E-state index < -0.39 is 6.61 Å². The Hall–Kier alpha value is -1.69. The Morgan fingerprint density at radius 2 is 1.94 bits per heavy atom. The van der Waals surface area contributed by atoms with E-state index in [4.69, 9.17) is 0 Å². The fourth-order valence-electron chi connectivity index (χ4n) is 1.24. The Morgan fingerprint density at radius 1 is 1.33 bits per heavy atom. The van der Waals surface area contributed by atoms with Crippen molar-refractivity contribution in [1.29, 1.82) is 0 Å². The Balaban J connectivity index is 2.53. The van der Waals surface area contributed by atoms with E-state index in [1.807, 2.05) is 6.92 Å². The van der Waals surface area contributed by atoms with Gasteiger partial charge in [-0.05, 0) is 38.2 Å². The minimum atomic E-state index is -2.86. The van der Waals surface area contributed by atoms with Crippen LogP contribution in [0.5, 0.6) is 5.75 Å². The molecule has 18 heavy (non-hydrogen) atoms. The molecule has 1 amide bonds. The number of likely N-dealkylation sites (N-methyl/N-ethyl adjacent to an activating group) is 1. The lowest BCUT2D eigenvalue weighted by Crippen LogP contribution is -2.37. The Labute approximate surface area is 104 Å². The summed E-state index contributed by atoms with van der Waals surface area (Å²) in [5.74, 6) is -0.217. The van der Waals surface area contributed by atoms with E-state index in [1.54, 1.807) is 7.05 Å². The van der Waals surface area contributed by atoms with E-state index in [-0.39, 0.29) is 17.7 Å². The molecule has 1 unspecified atom stereocenters. The quantitative estimate of drug-likeness (QED) is 0.815. The number of hydrogen-bond acceptors (Lipinski definition) is 3. The van der Waals surface area contributed by atoms with Crippen molar-refractivity contribution in [3.8, 4) is 5.75 Å². The second kappa shape index (κ2) is 6.90. The van der Waals surface area contributed by atoms with Gasteiger partial charge in [0.25, 0.3) is 5.91 Å². The van der Waals surface area contributed by atoms with Gasteiger partial charge in [0, 0.05) is 18.2 Å². The summed E-state index contributed by atoms with van der Waals surface area (Å²) in [5, 5.41) is 5.70. The van der Waals surface area contributed by atoms with Crippen LogP contribution in [-0.4, -0.2) is 32.2 Å². The predicted molar refractivity (Wildman–Crippen MR) is 63.9 cm³/mol. The lowest BCUT2D eigenvalue weighted by Gasteiger charge is -2.11. The molecule has 1 aromatic rings. The van der Waals surface area contributed by atoms with Gasteiger partial charge in [-0.25, -0.2) is 0 Å². The number of carbonyl (C=O) groups is 1. The molecule has 0 fully saturated rings. The zero-order valence-corrected chi connectivity index (χ0v) is 10.2. The fourth-order valence-corrected chi connectivity index (χ4v) is 1.24. The second-order valence-corrected chi connectivity index (χ2v) is 3.80. The van der Waals surface area contributed by atoms with Crippen molar-refractivity contribution in [2.75, 3.05) is 13.6 Å². The molecule has 0 spiro atoms. The van der Waals surface area contributed by atoms with Crippen molar-refractivity contribution >= 4 is 5.91 Å². The molecule has 0 saturated carbocycles. The number of alkyl halides is 2. The van der Waals surface area contributed by atoms with E-state index in [9.17, 15) is 13.6 Å². The maximum absolute atomic E-state index is 11.9.